The third kappa shape index (κ3) is 4.84. The second-order valence-corrected chi connectivity index (χ2v) is 6.49. The average Bonchev–Trinajstić information content (AvgIpc) is 2.27. The summed E-state index contributed by atoms with van der Waals surface area (Å²) < 4.78 is 6.09. The van der Waals surface area contributed by atoms with E-state index < -0.39 is 0 Å². The highest BCUT2D eigenvalue weighted by Gasteiger charge is 2.23. The lowest BCUT2D eigenvalue weighted by Gasteiger charge is -2.26. The minimum Gasteiger partial charge on any atom is -0.495 e. The van der Waals surface area contributed by atoms with Crippen molar-refractivity contribution in [3.63, 3.8) is 0 Å². The topological polar surface area (TPSA) is 64.3 Å². The number of ether oxygens (including phenoxy) is 1. The third-order valence-electron chi connectivity index (χ3n) is 2.95. The van der Waals surface area contributed by atoms with Gasteiger partial charge in [0.15, 0.2) is 0 Å². The van der Waals surface area contributed by atoms with E-state index in [2.05, 4.69) is 21.2 Å². The number of carbonyl (C=O) groups excluding carboxylic acids is 1. The van der Waals surface area contributed by atoms with Gasteiger partial charge >= 0.3 is 0 Å². The Morgan fingerprint density at radius 2 is 2.11 bits per heavy atom. The zero-order chi connectivity index (χ0) is 14.6. The molecule has 0 spiro atoms. The molecule has 0 fully saturated rings. The summed E-state index contributed by atoms with van der Waals surface area (Å²) in [4.78, 5) is 12.0. The lowest BCUT2D eigenvalue weighted by Crippen LogP contribution is -2.38. The largest absolute Gasteiger partial charge is 0.495 e. The molecular weight excluding hydrogens is 308 g/mol. The van der Waals surface area contributed by atoms with E-state index in [1.165, 1.54) is 0 Å². The van der Waals surface area contributed by atoms with E-state index in [1.807, 2.05) is 26.8 Å². The summed E-state index contributed by atoms with van der Waals surface area (Å²) in [6.07, 6.45) is 0.277. The number of halogens is 1. The normalized spacial score (nSPS) is 12.9. The molecule has 0 aliphatic rings. The van der Waals surface area contributed by atoms with Gasteiger partial charge in [0.05, 0.1) is 12.8 Å². The van der Waals surface area contributed by atoms with E-state index in [-0.39, 0.29) is 23.8 Å². The molecule has 19 heavy (non-hydrogen) atoms. The monoisotopic (exact) mass is 328 g/mol. The van der Waals surface area contributed by atoms with Gasteiger partial charge in [-0.2, -0.15) is 0 Å². The molecule has 0 saturated heterocycles. The van der Waals surface area contributed by atoms with Crippen LogP contribution in [0, 0.1) is 5.41 Å². The molecule has 1 aromatic carbocycles. The van der Waals surface area contributed by atoms with Gasteiger partial charge in [0.2, 0.25) is 5.91 Å². The minimum atomic E-state index is -0.189. The fourth-order valence-corrected chi connectivity index (χ4v) is 1.85. The highest BCUT2D eigenvalue weighted by Crippen LogP contribution is 2.28. The molecule has 4 nitrogen and oxygen atoms in total. The molecule has 0 heterocycles. The summed E-state index contributed by atoms with van der Waals surface area (Å²) in [6, 6.07) is 5.27. The summed E-state index contributed by atoms with van der Waals surface area (Å²) in [6.45, 7) is 6.06. The standard InChI is InChI=1S/C14H21BrN2O2/c1-14(2,3)12(16)8-13(18)17-10-7-9(15)5-6-11(10)19-4/h5-7,12H,8,16H2,1-4H3,(H,17,18). The number of rotatable bonds is 4. The van der Waals surface area contributed by atoms with Crippen LogP contribution in [0.5, 0.6) is 5.75 Å². The molecule has 1 atom stereocenters. The predicted molar refractivity (Wildman–Crippen MR) is 81.4 cm³/mol. The highest BCUT2D eigenvalue weighted by molar-refractivity contribution is 9.10. The van der Waals surface area contributed by atoms with Crippen LogP contribution in [-0.4, -0.2) is 19.1 Å². The number of hydrogen-bond donors (Lipinski definition) is 2. The molecule has 5 heteroatoms. The molecule has 1 unspecified atom stereocenters. The Labute approximate surface area is 122 Å². The van der Waals surface area contributed by atoms with E-state index in [1.54, 1.807) is 19.2 Å². The molecule has 0 bridgehead atoms. The smallest absolute Gasteiger partial charge is 0.226 e. The fourth-order valence-electron chi connectivity index (χ4n) is 1.49. The lowest BCUT2D eigenvalue weighted by atomic mass is 9.85. The van der Waals surface area contributed by atoms with Gasteiger partial charge in [0, 0.05) is 16.9 Å². The van der Waals surface area contributed by atoms with E-state index >= 15 is 0 Å². The second kappa shape index (κ2) is 6.39. The van der Waals surface area contributed by atoms with Crippen LogP contribution in [0.2, 0.25) is 0 Å². The van der Waals surface area contributed by atoms with Gasteiger partial charge in [-0.25, -0.2) is 0 Å². The summed E-state index contributed by atoms with van der Waals surface area (Å²) in [5.41, 5.74) is 6.55. The molecule has 0 radical (unpaired) electrons. The molecule has 3 N–H and O–H groups in total. The molecule has 0 aliphatic carbocycles. The van der Waals surface area contributed by atoms with E-state index in [0.29, 0.717) is 11.4 Å². The Hall–Kier alpha value is -1.07. The average molecular weight is 329 g/mol. The van der Waals surface area contributed by atoms with Crippen LogP contribution in [-0.2, 0) is 4.79 Å². The van der Waals surface area contributed by atoms with Crippen molar-refractivity contribution in [2.75, 3.05) is 12.4 Å². The zero-order valence-electron chi connectivity index (χ0n) is 11.8. The Balaban J connectivity index is 2.75. The van der Waals surface area contributed by atoms with Crippen molar-refractivity contribution in [1.82, 2.24) is 0 Å². The van der Waals surface area contributed by atoms with Crippen molar-refractivity contribution in [2.24, 2.45) is 11.1 Å². The predicted octanol–water partition coefficient (Wildman–Crippen LogP) is 3.16. The fraction of sp³-hybridized carbons (Fsp3) is 0.500. The van der Waals surface area contributed by atoms with Crippen molar-refractivity contribution in [1.29, 1.82) is 0 Å². The maximum absolute atomic E-state index is 12.0. The van der Waals surface area contributed by atoms with Gasteiger partial charge < -0.3 is 15.8 Å². The van der Waals surface area contributed by atoms with Crippen molar-refractivity contribution >= 4 is 27.5 Å². The first-order valence-corrected chi connectivity index (χ1v) is 6.92. The lowest BCUT2D eigenvalue weighted by molar-refractivity contribution is -0.117. The van der Waals surface area contributed by atoms with Crippen LogP contribution in [0.25, 0.3) is 0 Å². The Morgan fingerprint density at radius 3 is 2.63 bits per heavy atom. The van der Waals surface area contributed by atoms with Crippen LogP contribution in [0.3, 0.4) is 0 Å². The van der Waals surface area contributed by atoms with Gasteiger partial charge in [-0.05, 0) is 23.6 Å². The summed E-state index contributed by atoms with van der Waals surface area (Å²) in [5, 5.41) is 2.83. The number of hydrogen-bond acceptors (Lipinski definition) is 3. The van der Waals surface area contributed by atoms with E-state index in [0.717, 1.165) is 4.47 Å². The number of anilines is 1. The highest BCUT2D eigenvalue weighted by atomic mass is 79.9. The number of nitrogens with one attached hydrogen (secondary N) is 1. The SMILES string of the molecule is COc1ccc(Br)cc1NC(=O)CC(N)C(C)(C)C. The second-order valence-electron chi connectivity index (χ2n) is 5.57. The van der Waals surface area contributed by atoms with Crippen molar-refractivity contribution < 1.29 is 9.53 Å². The molecule has 0 aromatic heterocycles. The van der Waals surface area contributed by atoms with Gasteiger partial charge in [-0.15, -0.1) is 0 Å². The first-order valence-electron chi connectivity index (χ1n) is 6.13. The molecular formula is C14H21BrN2O2. The number of amides is 1. The van der Waals surface area contributed by atoms with Crippen LogP contribution >= 0.6 is 15.9 Å². The van der Waals surface area contributed by atoms with Crippen LogP contribution < -0.4 is 15.8 Å². The number of nitrogens with two attached hydrogens (primary N) is 1. The van der Waals surface area contributed by atoms with Crippen molar-refractivity contribution in [2.45, 2.75) is 33.2 Å². The van der Waals surface area contributed by atoms with E-state index in [4.69, 9.17) is 10.5 Å². The molecule has 106 valence electrons. The van der Waals surface area contributed by atoms with Gasteiger partial charge in [-0.1, -0.05) is 36.7 Å². The summed E-state index contributed by atoms with van der Waals surface area (Å²) in [7, 11) is 1.57. The quantitative estimate of drug-likeness (QED) is 0.892. The maximum atomic E-state index is 12.0. The molecule has 1 amide bonds. The molecule has 1 rings (SSSR count). The number of benzene rings is 1. The van der Waals surface area contributed by atoms with Crippen LogP contribution in [0.15, 0.2) is 22.7 Å². The third-order valence-corrected chi connectivity index (χ3v) is 3.45. The van der Waals surface area contributed by atoms with Gasteiger partial charge in [0.1, 0.15) is 5.75 Å². The maximum Gasteiger partial charge on any atom is 0.226 e. The summed E-state index contributed by atoms with van der Waals surface area (Å²) in [5.74, 6) is 0.514. The molecule has 0 aliphatic heterocycles. The Morgan fingerprint density at radius 1 is 1.47 bits per heavy atom. The number of carbonyl (C=O) groups is 1. The molecule has 1 aromatic rings. The van der Waals surface area contributed by atoms with Crippen LogP contribution in [0.1, 0.15) is 27.2 Å². The number of methoxy groups -OCH3 is 1. The first kappa shape index (κ1) is 16.0. The Bertz CT molecular complexity index is 455. The van der Waals surface area contributed by atoms with Gasteiger partial charge in [0.25, 0.3) is 0 Å². The van der Waals surface area contributed by atoms with Gasteiger partial charge in [-0.3, -0.25) is 4.79 Å². The molecule has 0 saturated carbocycles. The van der Waals surface area contributed by atoms with Crippen LogP contribution in [0.4, 0.5) is 5.69 Å². The zero-order valence-corrected chi connectivity index (χ0v) is 13.4. The van der Waals surface area contributed by atoms with Crippen molar-refractivity contribution in [3.8, 4) is 5.75 Å². The Kier molecular flexibility index (Phi) is 5.38. The minimum absolute atomic E-state index is 0.0985. The first-order chi connectivity index (χ1) is 8.74. The van der Waals surface area contributed by atoms with Crippen molar-refractivity contribution in [3.05, 3.63) is 22.7 Å². The summed E-state index contributed by atoms with van der Waals surface area (Å²) >= 11 is 3.37. The van der Waals surface area contributed by atoms with E-state index in [9.17, 15) is 4.79 Å².